The molecule has 0 unspecified atom stereocenters. The summed E-state index contributed by atoms with van der Waals surface area (Å²) in [5.41, 5.74) is 3.02. The molecule has 1 aliphatic rings. The molecule has 0 saturated heterocycles. The highest BCUT2D eigenvalue weighted by Gasteiger charge is 2.17. The van der Waals surface area contributed by atoms with Crippen LogP contribution in [0.1, 0.15) is 32.6 Å². The Balaban J connectivity index is 1.91. The van der Waals surface area contributed by atoms with Crippen LogP contribution in [0, 0.1) is 11.8 Å². The second-order valence-corrected chi connectivity index (χ2v) is 4.32. The Morgan fingerprint density at radius 1 is 1.14 bits per heavy atom. The zero-order chi connectivity index (χ0) is 10.2. The van der Waals surface area contributed by atoms with Crippen LogP contribution < -0.4 is 5.48 Å². The molecule has 1 saturated carbocycles. The van der Waals surface area contributed by atoms with E-state index in [1.54, 1.807) is 7.11 Å². The Bertz CT molecular complexity index is 133. The lowest BCUT2D eigenvalue weighted by Crippen LogP contribution is -2.27. The zero-order valence-corrected chi connectivity index (χ0v) is 9.42. The van der Waals surface area contributed by atoms with Gasteiger partial charge in [0.25, 0.3) is 0 Å². The maximum atomic E-state index is 5.23. The van der Waals surface area contributed by atoms with Crippen molar-refractivity contribution in [1.29, 1.82) is 0 Å². The van der Waals surface area contributed by atoms with Crippen LogP contribution in [-0.2, 0) is 9.57 Å². The molecule has 0 aromatic heterocycles. The van der Waals surface area contributed by atoms with Gasteiger partial charge < -0.3 is 4.74 Å². The average Bonchev–Trinajstić information content (AvgIpc) is 2.21. The third-order valence-electron chi connectivity index (χ3n) is 3.00. The molecule has 0 radical (unpaired) electrons. The van der Waals surface area contributed by atoms with Crippen molar-refractivity contribution >= 4 is 0 Å². The van der Waals surface area contributed by atoms with Crippen LogP contribution >= 0.6 is 0 Å². The summed E-state index contributed by atoms with van der Waals surface area (Å²) in [5, 5.41) is 0. The second kappa shape index (κ2) is 7.21. The molecule has 0 bridgehead atoms. The lowest BCUT2D eigenvalue weighted by molar-refractivity contribution is -0.00217. The van der Waals surface area contributed by atoms with E-state index >= 15 is 0 Å². The number of hydrogen-bond acceptors (Lipinski definition) is 3. The van der Waals surface area contributed by atoms with E-state index in [0.29, 0.717) is 13.2 Å². The molecule has 0 spiro atoms. The molecule has 0 heterocycles. The Morgan fingerprint density at radius 3 is 2.50 bits per heavy atom. The van der Waals surface area contributed by atoms with Crippen LogP contribution in [0.15, 0.2) is 0 Å². The summed E-state index contributed by atoms with van der Waals surface area (Å²) in [7, 11) is 1.69. The first-order chi connectivity index (χ1) is 6.83. The maximum absolute atomic E-state index is 5.23. The standard InChI is InChI=1S/C11H23NO2/c1-10-3-5-11(6-4-10)9-12-14-8-7-13-2/h10-12H,3-9H2,1-2H3. The monoisotopic (exact) mass is 201 g/mol. The van der Waals surface area contributed by atoms with Gasteiger partial charge in [0.05, 0.1) is 13.2 Å². The van der Waals surface area contributed by atoms with Gasteiger partial charge in [-0.05, 0) is 24.7 Å². The van der Waals surface area contributed by atoms with E-state index in [1.807, 2.05) is 0 Å². The fraction of sp³-hybridized carbons (Fsp3) is 1.00. The molecule has 0 aliphatic heterocycles. The zero-order valence-electron chi connectivity index (χ0n) is 9.42. The topological polar surface area (TPSA) is 30.5 Å². The number of hydrogen-bond donors (Lipinski definition) is 1. The van der Waals surface area contributed by atoms with Crippen molar-refractivity contribution in [2.75, 3.05) is 26.9 Å². The summed E-state index contributed by atoms with van der Waals surface area (Å²) in [4.78, 5) is 5.23. The summed E-state index contributed by atoms with van der Waals surface area (Å²) in [6.07, 6.45) is 5.46. The first-order valence-electron chi connectivity index (χ1n) is 5.66. The molecule has 1 fully saturated rings. The van der Waals surface area contributed by atoms with E-state index in [-0.39, 0.29) is 0 Å². The fourth-order valence-electron chi connectivity index (χ4n) is 1.91. The lowest BCUT2D eigenvalue weighted by Gasteiger charge is -2.25. The molecule has 0 amide bonds. The van der Waals surface area contributed by atoms with E-state index in [0.717, 1.165) is 18.4 Å². The van der Waals surface area contributed by atoms with Gasteiger partial charge in [-0.15, -0.1) is 0 Å². The molecule has 1 aliphatic carbocycles. The largest absolute Gasteiger partial charge is 0.382 e. The van der Waals surface area contributed by atoms with Crippen LogP contribution in [0.25, 0.3) is 0 Å². The Hall–Kier alpha value is -0.120. The first-order valence-corrected chi connectivity index (χ1v) is 5.66. The molecule has 1 N–H and O–H groups in total. The first kappa shape index (κ1) is 12.0. The summed E-state index contributed by atoms with van der Waals surface area (Å²) in [5.74, 6) is 1.74. The normalized spacial score (nSPS) is 27.9. The molecule has 1 rings (SSSR count). The number of hydroxylamine groups is 1. The molecule has 0 aromatic rings. The van der Waals surface area contributed by atoms with Crippen LogP contribution in [0.3, 0.4) is 0 Å². The van der Waals surface area contributed by atoms with Crippen molar-refractivity contribution in [2.45, 2.75) is 32.6 Å². The van der Waals surface area contributed by atoms with E-state index in [2.05, 4.69) is 12.4 Å². The molecule has 3 nitrogen and oxygen atoms in total. The van der Waals surface area contributed by atoms with Crippen LogP contribution in [0.2, 0.25) is 0 Å². The Labute approximate surface area is 87.1 Å². The third-order valence-corrected chi connectivity index (χ3v) is 3.00. The van der Waals surface area contributed by atoms with E-state index in [4.69, 9.17) is 9.57 Å². The minimum absolute atomic E-state index is 0.639. The maximum Gasteiger partial charge on any atom is 0.0915 e. The van der Waals surface area contributed by atoms with Crippen molar-refractivity contribution in [3.8, 4) is 0 Å². The van der Waals surface area contributed by atoms with E-state index in [1.165, 1.54) is 25.7 Å². The number of nitrogens with one attached hydrogen (secondary N) is 1. The van der Waals surface area contributed by atoms with Gasteiger partial charge in [-0.3, -0.25) is 4.84 Å². The lowest BCUT2D eigenvalue weighted by atomic mass is 9.83. The molecule has 3 heteroatoms. The van der Waals surface area contributed by atoms with E-state index in [9.17, 15) is 0 Å². The van der Waals surface area contributed by atoms with Crippen LogP contribution in [-0.4, -0.2) is 26.9 Å². The Morgan fingerprint density at radius 2 is 1.86 bits per heavy atom. The highest BCUT2D eigenvalue weighted by atomic mass is 16.7. The fourth-order valence-corrected chi connectivity index (χ4v) is 1.91. The highest BCUT2D eigenvalue weighted by Crippen LogP contribution is 2.27. The summed E-state index contributed by atoms with van der Waals surface area (Å²) in [6.45, 7) is 4.64. The number of methoxy groups -OCH3 is 1. The van der Waals surface area contributed by atoms with Crippen LogP contribution in [0.4, 0.5) is 0 Å². The average molecular weight is 201 g/mol. The molecule has 84 valence electrons. The van der Waals surface area contributed by atoms with Gasteiger partial charge >= 0.3 is 0 Å². The molecule has 14 heavy (non-hydrogen) atoms. The van der Waals surface area contributed by atoms with Crippen molar-refractivity contribution in [3.05, 3.63) is 0 Å². The minimum Gasteiger partial charge on any atom is -0.382 e. The van der Waals surface area contributed by atoms with Crippen molar-refractivity contribution < 1.29 is 9.57 Å². The van der Waals surface area contributed by atoms with Crippen LogP contribution in [0.5, 0.6) is 0 Å². The molecule has 0 aromatic carbocycles. The van der Waals surface area contributed by atoms with Gasteiger partial charge in [0.2, 0.25) is 0 Å². The summed E-state index contributed by atoms with van der Waals surface area (Å²) in [6, 6.07) is 0. The van der Waals surface area contributed by atoms with E-state index < -0.39 is 0 Å². The highest BCUT2D eigenvalue weighted by molar-refractivity contribution is 4.70. The van der Waals surface area contributed by atoms with Gasteiger partial charge in [0.15, 0.2) is 0 Å². The number of rotatable bonds is 6. The SMILES string of the molecule is COCCONCC1CCC(C)CC1. The van der Waals surface area contributed by atoms with Crippen molar-refractivity contribution in [2.24, 2.45) is 11.8 Å². The quantitative estimate of drug-likeness (QED) is 0.526. The van der Waals surface area contributed by atoms with Crippen molar-refractivity contribution in [3.63, 3.8) is 0 Å². The van der Waals surface area contributed by atoms with Gasteiger partial charge in [-0.25, -0.2) is 5.48 Å². The third kappa shape index (κ3) is 4.94. The smallest absolute Gasteiger partial charge is 0.0915 e. The summed E-state index contributed by atoms with van der Waals surface area (Å²) >= 11 is 0. The molecule has 0 atom stereocenters. The number of ether oxygens (including phenoxy) is 1. The van der Waals surface area contributed by atoms with Gasteiger partial charge in [0, 0.05) is 13.7 Å². The molecular formula is C11H23NO2. The predicted octanol–water partition coefficient (Wildman–Crippen LogP) is 1.98. The summed E-state index contributed by atoms with van der Waals surface area (Å²) < 4.78 is 4.88. The molecular weight excluding hydrogens is 178 g/mol. The Kier molecular flexibility index (Phi) is 6.15. The van der Waals surface area contributed by atoms with Crippen molar-refractivity contribution in [1.82, 2.24) is 5.48 Å². The minimum atomic E-state index is 0.639. The van der Waals surface area contributed by atoms with Gasteiger partial charge in [-0.1, -0.05) is 19.8 Å². The second-order valence-electron chi connectivity index (χ2n) is 4.32. The predicted molar refractivity (Wildman–Crippen MR) is 57.0 cm³/mol. The van der Waals surface area contributed by atoms with Gasteiger partial charge in [0.1, 0.15) is 0 Å². The van der Waals surface area contributed by atoms with Gasteiger partial charge in [-0.2, -0.15) is 0 Å².